The molecule has 0 radical (unpaired) electrons. The minimum atomic E-state index is -1.08. The van der Waals surface area contributed by atoms with Crippen molar-refractivity contribution in [2.75, 3.05) is 0 Å². The third-order valence-corrected chi connectivity index (χ3v) is 1.97. The van der Waals surface area contributed by atoms with E-state index < -0.39 is 5.97 Å². The Morgan fingerprint density at radius 1 is 1.62 bits per heavy atom. The fourth-order valence-electron chi connectivity index (χ4n) is 1.08. The van der Waals surface area contributed by atoms with Crippen molar-refractivity contribution in [3.63, 3.8) is 0 Å². The normalized spacial score (nSPS) is 10.5. The topological polar surface area (TPSA) is 63.3 Å². The standard InChI is InChI=1S/C8H4ClNO3/c9-7-4-1-2-13-6(4)5(3-10-7)8(11)12/h1-3H,(H,11,12). The quantitative estimate of drug-likeness (QED) is 0.712. The van der Waals surface area contributed by atoms with Gasteiger partial charge in [0.2, 0.25) is 0 Å². The van der Waals surface area contributed by atoms with Crippen LogP contribution in [0.5, 0.6) is 0 Å². The summed E-state index contributed by atoms with van der Waals surface area (Å²) in [6, 6.07) is 1.58. The Kier molecular flexibility index (Phi) is 1.70. The van der Waals surface area contributed by atoms with Crippen LogP contribution >= 0.6 is 11.6 Å². The Morgan fingerprint density at radius 3 is 3.08 bits per heavy atom. The predicted octanol–water partition coefficient (Wildman–Crippen LogP) is 2.18. The zero-order chi connectivity index (χ0) is 9.42. The number of halogens is 1. The molecule has 0 unspecified atom stereocenters. The summed E-state index contributed by atoms with van der Waals surface area (Å²) in [5.74, 6) is -1.08. The lowest BCUT2D eigenvalue weighted by Crippen LogP contribution is -1.97. The van der Waals surface area contributed by atoms with Gasteiger partial charge in [-0.1, -0.05) is 11.6 Å². The van der Waals surface area contributed by atoms with Crippen LogP contribution in [0.3, 0.4) is 0 Å². The molecular weight excluding hydrogens is 194 g/mol. The molecule has 0 bridgehead atoms. The zero-order valence-corrected chi connectivity index (χ0v) is 7.08. The number of furan rings is 1. The Labute approximate surface area is 77.8 Å². The Bertz CT molecular complexity index is 477. The van der Waals surface area contributed by atoms with E-state index in [4.69, 9.17) is 21.1 Å². The van der Waals surface area contributed by atoms with Crippen molar-refractivity contribution in [2.24, 2.45) is 0 Å². The molecule has 0 atom stereocenters. The van der Waals surface area contributed by atoms with Crippen molar-refractivity contribution in [3.8, 4) is 0 Å². The van der Waals surface area contributed by atoms with Crippen molar-refractivity contribution < 1.29 is 14.3 Å². The molecule has 0 aliphatic rings. The van der Waals surface area contributed by atoms with Crippen LogP contribution in [-0.2, 0) is 0 Å². The first-order chi connectivity index (χ1) is 6.20. The minimum Gasteiger partial charge on any atom is -0.477 e. The van der Waals surface area contributed by atoms with Crippen molar-refractivity contribution in [2.45, 2.75) is 0 Å². The van der Waals surface area contributed by atoms with E-state index >= 15 is 0 Å². The van der Waals surface area contributed by atoms with E-state index in [1.165, 1.54) is 12.5 Å². The number of aromatic nitrogens is 1. The van der Waals surface area contributed by atoms with Gasteiger partial charge in [0.05, 0.1) is 11.6 Å². The minimum absolute atomic E-state index is 0.0180. The molecule has 13 heavy (non-hydrogen) atoms. The molecule has 0 spiro atoms. The number of carbonyl (C=O) groups is 1. The second-order valence-electron chi connectivity index (χ2n) is 2.43. The van der Waals surface area contributed by atoms with Crippen LogP contribution in [0.1, 0.15) is 10.4 Å². The average molecular weight is 198 g/mol. The van der Waals surface area contributed by atoms with Crippen LogP contribution in [0, 0.1) is 0 Å². The van der Waals surface area contributed by atoms with Gasteiger partial charge in [-0.25, -0.2) is 9.78 Å². The molecule has 1 N–H and O–H groups in total. The molecule has 4 nitrogen and oxygen atoms in total. The highest BCUT2D eigenvalue weighted by Gasteiger charge is 2.13. The summed E-state index contributed by atoms with van der Waals surface area (Å²) in [5.41, 5.74) is 0.275. The summed E-state index contributed by atoms with van der Waals surface area (Å²) in [6.45, 7) is 0. The molecule has 2 aromatic rings. The maximum Gasteiger partial charge on any atom is 0.341 e. The van der Waals surface area contributed by atoms with Gasteiger partial charge in [-0.15, -0.1) is 0 Å². The number of nitrogens with zero attached hydrogens (tertiary/aromatic N) is 1. The lowest BCUT2D eigenvalue weighted by molar-refractivity contribution is 0.0697. The molecule has 2 heterocycles. The fourth-order valence-corrected chi connectivity index (χ4v) is 1.28. The van der Waals surface area contributed by atoms with Crippen LogP contribution in [0.15, 0.2) is 22.9 Å². The van der Waals surface area contributed by atoms with Gasteiger partial charge in [-0.3, -0.25) is 0 Å². The maximum absolute atomic E-state index is 10.7. The highest BCUT2D eigenvalue weighted by atomic mass is 35.5. The summed E-state index contributed by atoms with van der Waals surface area (Å²) in [5, 5.41) is 9.51. The smallest absolute Gasteiger partial charge is 0.341 e. The fraction of sp³-hybridized carbons (Fsp3) is 0. The first-order valence-electron chi connectivity index (χ1n) is 3.45. The third kappa shape index (κ3) is 1.15. The molecule has 0 aliphatic heterocycles. The van der Waals surface area contributed by atoms with Gasteiger partial charge in [0.25, 0.3) is 0 Å². The van der Waals surface area contributed by atoms with Crippen LogP contribution in [0.25, 0.3) is 11.0 Å². The number of carboxylic acids is 1. The Morgan fingerprint density at radius 2 is 2.38 bits per heavy atom. The number of carboxylic acid groups (broad SMARTS) is 1. The molecule has 66 valence electrons. The number of hydrogen-bond acceptors (Lipinski definition) is 3. The van der Waals surface area contributed by atoms with Gasteiger partial charge < -0.3 is 9.52 Å². The lowest BCUT2D eigenvalue weighted by atomic mass is 10.2. The van der Waals surface area contributed by atoms with E-state index in [9.17, 15) is 4.79 Å². The first-order valence-corrected chi connectivity index (χ1v) is 3.83. The van der Waals surface area contributed by atoms with E-state index in [0.717, 1.165) is 0 Å². The molecule has 0 fully saturated rings. The number of hydrogen-bond donors (Lipinski definition) is 1. The second-order valence-corrected chi connectivity index (χ2v) is 2.79. The molecule has 0 aromatic carbocycles. The number of pyridine rings is 1. The monoisotopic (exact) mass is 197 g/mol. The summed E-state index contributed by atoms with van der Waals surface area (Å²) in [6.07, 6.45) is 2.56. The molecule has 2 rings (SSSR count). The molecular formula is C8H4ClNO3. The molecule has 0 amide bonds. The first kappa shape index (κ1) is 8.07. The van der Waals surface area contributed by atoms with E-state index in [1.54, 1.807) is 6.07 Å². The molecule has 0 saturated carbocycles. The van der Waals surface area contributed by atoms with Gasteiger partial charge in [-0.2, -0.15) is 0 Å². The van der Waals surface area contributed by atoms with E-state index in [-0.39, 0.29) is 16.3 Å². The molecule has 2 aromatic heterocycles. The van der Waals surface area contributed by atoms with E-state index in [2.05, 4.69) is 4.98 Å². The van der Waals surface area contributed by atoms with Gasteiger partial charge in [0.1, 0.15) is 10.7 Å². The second kappa shape index (κ2) is 2.74. The van der Waals surface area contributed by atoms with Crippen LogP contribution in [0.2, 0.25) is 5.15 Å². The van der Waals surface area contributed by atoms with Gasteiger partial charge in [-0.05, 0) is 6.07 Å². The summed E-state index contributed by atoms with van der Waals surface area (Å²) in [4.78, 5) is 14.4. The van der Waals surface area contributed by atoms with Crippen molar-refractivity contribution in [1.29, 1.82) is 0 Å². The van der Waals surface area contributed by atoms with Crippen molar-refractivity contribution in [1.82, 2.24) is 4.98 Å². The van der Waals surface area contributed by atoms with E-state index in [0.29, 0.717) is 5.39 Å². The van der Waals surface area contributed by atoms with E-state index in [1.807, 2.05) is 0 Å². The molecule has 0 aliphatic carbocycles. The summed E-state index contributed by atoms with van der Waals surface area (Å²) >= 11 is 5.71. The van der Waals surface area contributed by atoms with Gasteiger partial charge in [0, 0.05) is 6.20 Å². The van der Waals surface area contributed by atoms with Crippen LogP contribution in [-0.4, -0.2) is 16.1 Å². The average Bonchev–Trinajstić information content (AvgIpc) is 2.53. The Balaban J connectivity index is 2.86. The highest BCUT2D eigenvalue weighted by molar-refractivity contribution is 6.34. The number of aromatic carboxylic acids is 1. The Hall–Kier alpha value is -1.55. The third-order valence-electron chi connectivity index (χ3n) is 1.67. The lowest BCUT2D eigenvalue weighted by Gasteiger charge is -1.95. The maximum atomic E-state index is 10.7. The summed E-state index contributed by atoms with van der Waals surface area (Å²) < 4.78 is 4.99. The molecule has 0 saturated heterocycles. The SMILES string of the molecule is O=C(O)c1cnc(Cl)c2ccoc12. The van der Waals surface area contributed by atoms with Gasteiger partial charge >= 0.3 is 5.97 Å². The number of fused-ring (bicyclic) bond motifs is 1. The summed E-state index contributed by atoms with van der Waals surface area (Å²) in [7, 11) is 0. The highest BCUT2D eigenvalue weighted by Crippen LogP contribution is 2.25. The van der Waals surface area contributed by atoms with Crippen LogP contribution < -0.4 is 0 Å². The molecule has 5 heteroatoms. The van der Waals surface area contributed by atoms with Crippen molar-refractivity contribution >= 4 is 28.5 Å². The van der Waals surface area contributed by atoms with Gasteiger partial charge in [0.15, 0.2) is 5.58 Å². The number of rotatable bonds is 1. The zero-order valence-electron chi connectivity index (χ0n) is 6.32. The predicted molar refractivity (Wildman–Crippen MR) is 46.0 cm³/mol. The van der Waals surface area contributed by atoms with Crippen LogP contribution in [0.4, 0.5) is 0 Å². The largest absolute Gasteiger partial charge is 0.477 e. The van der Waals surface area contributed by atoms with Crippen molar-refractivity contribution in [3.05, 3.63) is 29.2 Å².